The highest BCUT2D eigenvalue weighted by Crippen LogP contribution is 2.10. The molecule has 0 fully saturated rings. The highest BCUT2D eigenvalue weighted by Gasteiger charge is 2.10. The molecule has 0 aliphatic carbocycles. The molecule has 15 heavy (non-hydrogen) atoms. The van der Waals surface area contributed by atoms with Crippen molar-refractivity contribution in [2.45, 2.75) is 0 Å². The second-order valence-electron chi connectivity index (χ2n) is 2.71. The normalized spacial score (nSPS) is 9.40. The fraction of sp³-hybridized carbons (Fsp3) is 0.100. The first-order valence-electron chi connectivity index (χ1n) is 4.03. The van der Waals surface area contributed by atoms with E-state index in [1.807, 2.05) is 0 Å². The van der Waals surface area contributed by atoms with Gasteiger partial charge in [-0.05, 0) is 12.1 Å². The number of carboxylic acid groups (broad SMARTS) is 1. The molecule has 5 heteroatoms. The Bertz CT molecular complexity index is 408. The number of hydrogen-bond acceptors (Lipinski definition) is 4. The Balaban J connectivity index is 2.95. The summed E-state index contributed by atoms with van der Waals surface area (Å²) < 4.78 is 4.47. The summed E-state index contributed by atoms with van der Waals surface area (Å²) in [6.07, 6.45) is 1.25. The molecule has 5 nitrogen and oxygen atoms in total. The summed E-state index contributed by atoms with van der Waals surface area (Å²) in [4.78, 5) is 25.4. The van der Waals surface area contributed by atoms with E-state index in [0.717, 1.165) is 0 Å². The molecule has 1 heterocycles. The summed E-state index contributed by atoms with van der Waals surface area (Å²) in [5, 5.41) is 8.63. The van der Waals surface area contributed by atoms with Crippen molar-refractivity contribution in [2.24, 2.45) is 0 Å². The van der Waals surface area contributed by atoms with E-state index in [-0.39, 0.29) is 16.8 Å². The molecule has 0 amide bonds. The lowest BCUT2D eigenvalue weighted by Gasteiger charge is -2.01. The number of esters is 1. The molecule has 0 bridgehead atoms. The Labute approximate surface area is 86.0 Å². The number of methoxy groups -OCH3 is 1. The van der Waals surface area contributed by atoms with E-state index >= 15 is 0 Å². The number of ether oxygens (including phenoxy) is 1. The average molecular weight is 207 g/mol. The van der Waals surface area contributed by atoms with Gasteiger partial charge in [-0.25, -0.2) is 9.59 Å². The van der Waals surface area contributed by atoms with Gasteiger partial charge >= 0.3 is 11.9 Å². The topological polar surface area (TPSA) is 76.5 Å². The van der Waals surface area contributed by atoms with Crippen LogP contribution in [0.15, 0.2) is 24.9 Å². The number of carbonyl (C=O) groups is 2. The molecule has 0 saturated heterocycles. The summed E-state index contributed by atoms with van der Waals surface area (Å²) in [5.74, 6) is -1.66. The molecule has 1 aromatic heterocycles. The number of carboxylic acids is 1. The van der Waals surface area contributed by atoms with Crippen molar-refractivity contribution in [3.8, 4) is 0 Å². The third-order valence-corrected chi connectivity index (χ3v) is 1.75. The van der Waals surface area contributed by atoms with Gasteiger partial charge in [0.1, 0.15) is 0 Å². The molecule has 0 unspecified atom stereocenters. The highest BCUT2D eigenvalue weighted by molar-refractivity contribution is 6.13. The molecule has 0 aliphatic heterocycles. The minimum atomic E-state index is -1.15. The molecule has 78 valence electrons. The lowest BCUT2D eigenvalue weighted by atomic mass is 10.2. The number of nitrogens with zero attached hydrogens (tertiary/aromatic N) is 1. The number of carbonyl (C=O) groups excluding carboxylic acids is 1. The largest absolute Gasteiger partial charge is 0.478 e. The van der Waals surface area contributed by atoms with Crippen LogP contribution >= 0.6 is 0 Å². The molecule has 0 atom stereocenters. The number of aromatic nitrogens is 1. The van der Waals surface area contributed by atoms with Crippen LogP contribution in [0.5, 0.6) is 0 Å². The van der Waals surface area contributed by atoms with E-state index in [9.17, 15) is 9.59 Å². The van der Waals surface area contributed by atoms with E-state index in [2.05, 4.69) is 16.3 Å². The van der Waals surface area contributed by atoms with Crippen LogP contribution in [0.4, 0.5) is 0 Å². The predicted octanol–water partition coefficient (Wildman–Crippen LogP) is 0.966. The van der Waals surface area contributed by atoms with Crippen molar-refractivity contribution in [2.75, 3.05) is 7.11 Å². The Morgan fingerprint density at radius 2 is 2.13 bits per heavy atom. The van der Waals surface area contributed by atoms with Crippen molar-refractivity contribution < 1.29 is 19.4 Å². The average Bonchev–Trinajstić information content (AvgIpc) is 2.27. The lowest BCUT2D eigenvalue weighted by molar-refractivity contribution is -0.130. The molecule has 0 radical (unpaired) electrons. The monoisotopic (exact) mass is 207 g/mol. The lowest BCUT2D eigenvalue weighted by Crippen LogP contribution is -2.04. The zero-order chi connectivity index (χ0) is 11.4. The summed E-state index contributed by atoms with van der Waals surface area (Å²) in [7, 11) is 1.26. The smallest absolute Gasteiger partial charge is 0.339 e. The minimum absolute atomic E-state index is 0.119. The molecule has 1 N–H and O–H groups in total. The Kier molecular flexibility index (Phi) is 3.17. The summed E-state index contributed by atoms with van der Waals surface area (Å²) in [5.41, 5.74) is 0.362. The van der Waals surface area contributed by atoms with E-state index in [1.54, 1.807) is 0 Å². The van der Waals surface area contributed by atoms with Crippen LogP contribution in [-0.2, 0) is 9.53 Å². The Morgan fingerprint density at radius 3 is 2.53 bits per heavy atom. The van der Waals surface area contributed by atoms with Gasteiger partial charge in [0.2, 0.25) is 0 Å². The zero-order valence-electron chi connectivity index (χ0n) is 8.06. The van der Waals surface area contributed by atoms with Gasteiger partial charge in [-0.2, -0.15) is 0 Å². The molecule has 0 aliphatic rings. The van der Waals surface area contributed by atoms with Gasteiger partial charge in [0.25, 0.3) is 0 Å². The van der Waals surface area contributed by atoms with E-state index in [1.165, 1.54) is 25.4 Å². The second-order valence-corrected chi connectivity index (χ2v) is 2.71. The van der Waals surface area contributed by atoms with Gasteiger partial charge in [0.05, 0.1) is 23.9 Å². The molecule has 1 aromatic rings. The summed E-state index contributed by atoms with van der Waals surface area (Å²) in [6, 6.07) is 2.84. The van der Waals surface area contributed by atoms with Gasteiger partial charge < -0.3 is 9.84 Å². The summed E-state index contributed by atoms with van der Waals surface area (Å²) >= 11 is 0. The minimum Gasteiger partial charge on any atom is -0.478 e. The van der Waals surface area contributed by atoms with Crippen LogP contribution < -0.4 is 0 Å². The van der Waals surface area contributed by atoms with Crippen LogP contribution in [0.1, 0.15) is 16.1 Å². The third kappa shape index (κ3) is 2.40. The first-order chi connectivity index (χ1) is 7.06. The van der Waals surface area contributed by atoms with Gasteiger partial charge in [-0.3, -0.25) is 4.98 Å². The third-order valence-electron chi connectivity index (χ3n) is 1.75. The van der Waals surface area contributed by atoms with Crippen LogP contribution in [0, 0.1) is 0 Å². The maximum absolute atomic E-state index is 11.0. The van der Waals surface area contributed by atoms with Gasteiger partial charge in [-0.15, -0.1) is 0 Å². The maximum atomic E-state index is 11.0. The quantitative estimate of drug-likeness (QED) is 0.590. The molecule has 1 rings (SSSR count). The molecular weight excluding hydrogens is 198 g/mol. The Hall–Kier alpha value is -2.17. The SMILES string of the molecule is C=C(C(=O)O)c1ccc(C(=O)OC)cn1. The zero-order valence-corrected chi connectivity index (χ0v) is 8.06. The number of pyridine rings is 1. The van der Waals surface area contributed by atoms with Crippen molar-refractivity contribution in [3.63, 3.8) is 0 Å². The van der Waals surface area contributed by atoms with E-state index in [4.69, 9.17) is 5.11 Å². The van der Waals surface area contributed by atoms with E-state index in [0.29, 0.717) is 0 Å². The van der Waals surface area contributed by atoms with Gasteiger partial charge in [-0.1, -0.05) is 6.58 Å². The number of hydrogen-bond donors (Lipinski definition) is 1. The van der Waals surface area contributed by atoms with Crippen molar-refractivity contribution >= 4 is 17.5 Å². The fourth-order valence-corrected chi connectivity index (χ4v) is 0.921. The predicted molar refractivity (Wildman–Crippen MR) is 52.2 cm³/mol. The van der Waals surface area contributed by atoms with Crippen molar-refractivity contribution in [1.29, 1.82) is 0 Å². The molecule has 0 aromatic carbocycles. The molecule has 0 saturated carbocycles. The van der Waals surface area contributed by atoms with Crippen LogP contribution in [0.25, 0.3) is 5.57 Å². The van der Waals surface area contributed by atoms with Crippen LogP contribution in [0.2, 0.25) is 0 Å². The standard InChI is InChI=1S/C10H9NO4/c1-6(9(12)13)8-4-3-7(5-11-8)10(14)15-2/h3-5H,1H2,2H3,(H,12,13). The van der Waals surface area contributed by atoms with Gasteiger partial charge in [0, 0.05) is 6.20 Å². The second kappa shape index (κ2) is 4.36. The number of rotatable bonds is 3. The molecular formula is C10H9NO4. The maximum Gasteiger partial charge on any atom is 0.339 e. The van der Waals surface area contributed by atoms with Crippen molar-refractivity contribution in [3.05, 3.63) is 36.2 Å². The number of aliphatic carboxylic acids is 1. The molecule has 0 spiro atoms. The first kappa shape index (κ1) is 10.9. The van der Waals surface area contributed by atoms with E-state index < -0.39 is 11.9 Å². The van der Waals surface area contributed by atoms with Gasteiger partial charge in [0.15, 0.2) is 0 Å². The van der Waals surface area contributed by atoms with Crippen molar-refractivity contribution in [1.82, 2.24) is 4.98 Å². The summed E-state index contributed by atoms with van der Waals surface area (Å²) in [6.45, 7) is 3.34. The fourth-order valence-electron chi connectivity index (χ4n) is 0.921. The first-order valence-corrected chi connectivity index (χ1v) is 4.03. The van der Waals surface area contributed by atoms with Crippen LogP contribution in [0.3, 0.4) is 0 Å². The van der Waals surface area contributed by atoms with Crippen LogP contribution in [-0.4, -0.2) is 29.1 Å². The Morgan fingerprint density at radius 1 is 1.47 bits per heavy atom. The highest BCUT2D eigenvalue weighted by atomic mass is 16.5.